The number of nitrogens with zero attached hydrogens (tertiary/aromatic N) is 2. The molecule has 7 heteroatoms. The highest BCUT2D eigenvalue weighted by atomic mass is 16.4. The van der Waals surface area contributed by atoms with E-state index in [-0.39, 0.29) is 18.5 Å². The lowest BCUT2D eigenvalue weighted by Crippen LogP contribution is -2.38. The Hall–Kier alpha value is -2.83. The summed E-state index contributed by atoms with van der Waals surface area (Å²) in [6, 6.07) is 9.11. The minimum atomic E-state index is -0.870. The van der Waals surface area contributed by atoms with Crippen molar-refractivity contribution < 1.29 is 14.7 Å². The molecule has 23 heavy (non-hydrogen) atoms. The molecule has 2 aromatic rings. The molecule has 0 saturated heterocycles. The van der Waals surface area contributed by atoms with E-state index in [1.807, 2.05) is 48.0 Å². The molecule has 1 aromatic heterocycles. The van der Waals surface area contributed by atoms with Crippen molar-refractivity contribution in [2.45, 2.75) is 25.8 Å². The fourth-order valence-electron chi connectivity index (χ4n) is 2.20. The average Bonchev–Trinajstić information content (AvgIpc) is 3.02. The molecular weight excluding hydrogens is 296 g/mol. The molecule has 3 N–H and O–H groups in total. The number of aliphatic carboxylic acids is 1. The Kier molecular flexibility index (Phi) is 5.74. The topological polar surface area (TPSA) is 96.2 Å². The molecule has 0 saturated carbocycles. The number of nitrogens with one attached hydrogen (secondary N) is 2. The van der Waals surface area contributed by atoms with E-state index in [9.17, 15) is 9.59 Å². The maximum atomic E-state index is 11.8. The van der Waals surface area contributed by atoms with Crippen LogP contribution < -0.4 is 10.6 Å². The number of rotatable bonds is 7. The van der Waals surface area contributed by atoms with E-state index in [0.717, 1.165) is 11.5 Å². The number of imidazole rings is 1. The number of urea groups is 1. The predicted molar refractivity (Wildman–Crippen MR) is 85.4 cm³/mol. The Bertz CT molecular complexity index is 654. The lowest BCUT2D eigenvalue weighted by atomic mass is 10.2. The first-order valence-corrected chi connectivity index (χ1v) is 7.42. The number of carboxylic acid groups (broad SMARTS) is 1. The van der Waals surface area contributed by atoms with Crippen molar-refractivity contribution in [3.05, 3.63) is 48.5 Å². The van der Waals surface area contributed by atoms with Gasteiger partial charge in [-0.05, 0) is 25.5 Å². The van der Waals surface area contributed by atoms with Crippen molar-refractivity contribution in [1.29, 1.82) is 0 Å². The van der Waals surface area contributed by atoms with Gasteiger partial charge in [0.15, 0.2) is 0 Å². The molecule has 0 aliphatic rings. The molecule has 0 spiro atoms. The van der Waals surface area contributed by atoms with Crippen molar-refractivity contribution >= 4 is 12.0 Å². The van der Waals surface area contributed by atoms with E-state index in [1.165, 1.54) is 0 Å². The smallest absolute Gasteiger partial charge is 0.315 e. The molecule has 0 fully saturated rings. The quantitative estimate of drug-likeness (QED) is 0.682. The zero-order chi connectivity index (χ0) is 16.7. The van der Waals surface area contributed by atoms with Gasteiger partial charge in [-0.1, -0.05) is 18.2 Å². The van der Waals surface area contributed by atoms with Crippen LogP contribution in [-0.2, 0) is 4.79 Å². The van der Waals surface area contributed by atoms with Gasteiger partial charge in [0.25, 0.3) is 0 Å². The van der Waals surface area contributed by atoms with Gasteiger partial charge in [-0.2, -0.15) is 0 Å². The van der Waals surface area contributed by atoms with Crippen molar-refractivity contribution in [3.8, 4) is 5.69 Å². The first-order valence-electron chi connectivity index (χ1n) is 7.42. The highest BCUT2D eigenvalue weighted by molar-refractivity contribution is 5.74. The number of benzene rings is 1. The summed E-state index contributed by atoms with van der Waals surface area (Å²) in [6.07, 6.45) is 3.96. The van der Waals surface area contributed by atoms with Crippen LogP contribution in [0.3, 0.4) is 0 Å². The maximum Gasteiger partial charge on any atom is 0.315 e. The third-order valence-electron chi connectivity index (χ3n) is 3.29. The van der Waals surface area contributed by atoms with E-state index < -0.39 is 5.97 Å². The van der Waals surface area contributed by atoms with Crippen LogP contribution in [0.2, 0.25) is 0 Å². The second-order valence-corrected chi connectivity index (χ2v) is 5.11. The lowest BCUT2D eigenvalue weighted by molar-refractivity contribution is -0.137. The summed E-state index contributed by atoms with van der Waals surface area (Å²) in [7, 11) is 0. The molecule has 2 rings (SSSR count). The molecule has 0 radical (unpaired) electrons. The SMILES string of the molecule is CC(NC(=O)NCCCC(=O)O)c1nccn1-c1ccccc1. The number of hydrogen-bond donors (Lipinski definition) is 3. The van der Waals surface area contributed by atoms with Crippen molar-refractivity contribution in [3.63, 3.8) is 0 Å². The molecular formula is C16H20N4O3. The summed E-state index contributed by atoms with van der Waals surface area (Å²) in [5.41, 5.74) is 0.968. The van der Waals surface area contributed by atoms with Gasteiger partial charge in [-0.15, -0.1) is 0 Å². The Labute approximate surface area is 134 Å². The fourth-order valence-corrected chi connectivity index (χ4v) is 2.20. The molecule has 122 valence electrons. The zero-order valence-corrected chi connectivity index (χ0v) is 12.9. The van der Waals surface area contributed by atoms with Crippen LogP contribution in [0.5, 0.6) is 0 Å². The maximum absolute atomic E-state index is 11.8. The van der Waals surface area contributed by atoms with Gasteiger partial charge < -0.3 is 20.3 Å². The third-order valence-corrected chi connectivity index (χ3v) is 3.29. The van der Waals surface area contributed by atoms with Crippen LogP contribution in [0.1, 0.15) is 31.6 Å². The van der Waals surface area contributed by atoms with Gasteiger partial charge in [0.1, 0.15) is 5.82 Å². The van der Waals surface area contributed by atoms with Crippen LogP contribution in [0, 0.1) is 0 Å². The Morgan fingerprint density at radius 2 is 2.04 bits per heavy atom. The largest absolute Gasteiger partial charge is 0.481 e. The average molecular weight is 316 g/mol. The van der Waals surface area contributed by atoms with E-state index in [0.29, 0.717) is 13.0 Å². The molecule has 7 nitrogen and oxygen atoms in total. The molecule has 0 bridgehead atoms. The van der Waals surface area contributed by atoms with Crippen molar-refractivity contribution in [2.24, 2.45) is 0 Å². The number of hydrogen-bond acceptors (Lipinski definition) is 3. The van der Waals surface area contributed by atoms with Gasteiger partial charge >= 0.3 is 12.0 Å². The van der Waals surface area contributed by atoms with Crippen molar-refractivity contribution in [1.82, 2.24) is 20.2 Å². The Morgan fingerprint density at radius 1 is 1.30 bits per heavy atom. The summed E-state index contributed by atoms with van der Waals surface area (Å²) < 4.78 is 1.91. The molecule has 2 amide bonds. The van der Waals surface area contributed by atoms with Gasteiger partial charge in [0.2, 0.25) is 0 Å². The number of carbonyl (C=O) groups is 2. The van der Waals surface area contributed by atoms with Crippen LogP contribution in [0.15, 0.2) is 42.7 Å². The van der Waals surface area contributed by atoms with E-state index >= 15 is 0 Å². The van der Waals surface area contributed by atoms with Crippen LogP contribution in [-0.4, -0.2) is 33.2 Å². The normalized spacial score (nSPS) is 11.7. The highest BCUT2D eigenvalue weighted by Gasteiger charge is 2.15. The molecule has 1 atom stereocenters. The summed E-state index contributed by atoms with van der Waals surface area (Å²) in [5, 5.41) is 14.0. The number of aromatic nitrogens is 2. The van der Waals surface area contributed by atoms with Gasteiger partial charge in [-0.25, -0.2) is 9.78 Å². The van der Waals surface area contributed by atoms with E-state index in [4.69, 9.17) is 5.11 Å². The Balaban J connectivity index is 1.91. The number of para-hydroxylation sites is 1. The second kappa shape index (κ2) is 7.98. The van der Waals surface area contributed by atoms with E-state index in [1.54, 1.807) is 6.20 Å². The van der Waals surface area contributed by atoms with Gasteiger partial charge in [0.05, 0.1) is 6.04 Å². The van der Waals surface area contributed by atoms with E-state index in [2.05, 4.69) is 15.6 Å². The Morgan fingerprint density at radius 3 is 2.74 bits per heavy atom. The van der Waals surface area contributed by atoms with Crippen LogP contribution >= 0.6 is 0 Å². The summed E-state index contributed by atoms with van der Waals surface area (Å²) >= 11 is 0. The predicted octanol–water partition coefficient (Wildman–Crippen LogP) is 2.10. The molecule has 1 heterocycles. The first kappa shape index (κ1) is 16.5. The third kappa shape index (κ3) is 4.84. The van der Waals surface area contributed by atoms with Gasteiger partial charge in [0, 0.05) is 31.0 Å². The molecule has 1 aromatic carbocycles. The number of carbonyl (C=O) groups excluding carboxylic acids is 1. The number of amides is 2. The first-order chi connectivity index (χ1) is 11.1. The standard InChI is InChI=1S/C16H20N4O3/c1-12(19-16(23)18-9-5-8-14(21)22)15-17-10-11-20(15)13-6-3-2-4-7-13/h2-4,6-7,10-12H,5,8-9H2,1H3,(H,21,22)(H2,18,19,23). The second-order valence-electron chi connectivity index (χ2n) is 5.11. The highest BCUT2D eigenvalue weighted by Crippen LogP contribution is 2.15. The van der Waals surface area contributed by atoms with Crippen LogP contribution in [0.4, 0.5) is 4.79 Å². The molecule has 0 aliphatic heterocycles. The molecule has 0 aliphatic carbocycles. The lowest BCUT2D eigenvalue weighted by Gasteiger charge is -2.16. The summed E-state index contributed by atoms with van der Waals surface area (Å²) in [4.78, 5) is 26.6. The fraction of sp³-hybridized carbons (Fsp3) is 0.312. The summed E-state index contributed by atoms with van der Waals surface area (Å²) in [6.45, 7) is 2.16. The van der Waals surface area contributed by atoms with Crippen molar-refractivity contribution in [2.75, 3.05) is 6.54 Å². The molecule has 1 unspecified atom stereocenters. The monoisotopic (exact) mass is 316 g/mol. The zero-order valence-electron chi connectivity index (χ0n) is 12.9. The minimum Gasteiger partial charge on any atom is -0.481 e. The van der Waals surface area contributed by atoms with Crippen LogP contribution in [0.25, 0.3) is 5.69 Å². The van der Waals surface area contributed by atoms with Gasteiger partial charge in [-0.3, -0.25) is 4.79 Å². The summed E-state index contributed by atoms with van der Waals surface area (Å²) in [5.74, 6) is -0.151. The number of carboxylic acids is 1. The minimum absolute atomic E-state index is 0.0360.